The Morgan fingerprint density at radius 2 is 1.61 bits per heavy atom. The van der Waals surface area contributed by atoms with E-state index in [2.05, 4.69) is 62.3 Å². The van der Waals surface area contributed by atoms with Gasteiger partial charge in [-0.15, -0.1) is 0 Å². The Morgan fingerprint density at radius 3 is 2.21 bits per heavy atom. The Labute approximate surface area is 196 Å². The second-order valence-electron chi connectivity index (χ2n) is 8.97. The fourth-order valence-corrected chi connectivity index (χ4v) is 3.42. The molecule has 0 bridgehead atoms. The first-order chi connectivity index (χ1) is 15.8. The predicted molar refractivity (Wildman–Crippen MR) is 136 cm³/mol. The second kappa shape index (κ2) is 11.4. The number of ether oxygens (including phenoxy) is 1. The van der Waals surface area contributed by atoms with Gasteiger partial charge in [-0.3, -0.25) is 10.3 Å². The van der Waals surface area contributed by atoms with Gasteiger partial charge in [0.2, 0.25) is 0 Å². The van der Waals surface area contributed by atoms with Gasteiger partial charge < -0.3 is 20.3 Å². The van der Waals surface area contributed by atoms with Crippen molar-refractivity contribution < 1.29 is 9.53 Å². The molecule has 7 nitrogen and oxygen atoms in total. The van der Waals surface area contributed by atoms with Crippen LogP contribution in [0, 0.1) is 0 Å². The van der Waals surface area contributed by atoms with Gasteiger partial charge in [0.1, 0.15) is 5.60 Å². The molecule has 0 aromatic heterocycles. The molecule has 1 aliphatic rings. The van der Waals surface area contributed by atoms with E-state index in [-0.39, 0.29) is 0 Å². The minimum Gasteiger partial charge on any atom is -0.444 e. The van der Waals surface area contributed by atoms with Crippen LogP contribution in [0.2, 0.25) is 0 Å². The van der Waals surface area contributed by atoms with Crippen molar-refractivity contribution in [2.24, 2.45) is 4.99 Å². The molecule has 2 aromatic carbocycles. The highest BCUT2D eigenvalue weighted by atomic mass is 16.6. The van der Waals surface area contributed by atoms with E-state index in [0.717, 1.165) is 32.0 Å². The summed E-state index contributed by atoms with van der Waals surface area (Å²) in [5.41, 5.74) is 3.82. The monoisotopic (exact) mass is 449 g/mol. The third kappa shape index (κ3) is 8.18. The molecule has 0 spiro atoms. The molecule has 0 fully saturated rings. The number of amides is 1. The van der Waals surface area contributed by atoms with Crippen LogP contribution in [0.4, 0.5) is 16.2 Å². The van der Waals surface area contributed by atoms with Gasteiger partial charge >= 0.3 is 6.09 Å². The predicted octanol–water partition coefficient (Wildman–Crippen LogP) is 4.32. The summed E-state index contributed by atoms with van der Waals surface area (Å²) < 4.78 is 5.27. The molecular weight excluding hydrogens is 414 g/mol. The zero-order valence-corrected chi connectivity index (χ0v) is 20.0. The Bertz CT molecular complexity index is 952. The molecule has 2 aromatic rings. The average Bonchev–Trinajstić information content (AvgIpc) is 3.31. The standard InChI is InChI=1S/C26H35N5O2/c1-26(2,3)33-25(32)30-22-11-7-20(8-12-22)15-16-28-24(27-4)29-19-21-9-13-23(14-10-21)31-17-5-6-18-31/h5-14H,15-19H2,1-4H3,(H,30,32)(H2,27,28,29). The van der Waals surface area contributed by atoms with Crippen molar-refractivity contribution in [1.82, 2.24) is 10.6 Å². The first-order valence-electron chi connectivity index (χ1n) is 11.3. The highest BCUT2D eigenvalue weighted by molar-refractivity contribution is 5.84. The topological polar surface area (TPSA) is 78.0 Å². The van der Waals surface area contributed by atoms with Crippen LogP contribution in [0.25, 0.3) is 0 Å². The van der Waals surface area contributed by atoms with Crippen molar-refractivity contribution in [3.63, 3.8) is 0 Å². The van der Waals surface area contributed by atoms with Gasteiger partial charge in [0.25, 0.3) is 0 Å². The number of aliphatic imine (C=N–C) groups is 1. The molecule has 1 heterocycles. The molecule has 1 aliphatic heterocycles. The summed E-state index contributed by atoms with van der Waals surface area (Å²) in [6.07, 6.45) is 4.78. The summed E-state index contributed by atoms with van der Waals surface area (Å²) in [5.74, 6) is 0.769. The quantitative estimate of drug-likeness (QED) is 0.333. The average molecular weight is 450 g/mol. The van der Waals surface area contributed by atoms with Crippen molar-refractivity contribution in [2.75, 3.05) is 36.9 Å². The van der Waals surface area contributed by atoms with Gasteiger partial charge in [-0.1, -0.05) is 36.4 Å². The smallest absolute Gasteiger partial charge is 0.412 e. The molecule has 7 heteroatoms. The largest absolute Gasteiger partial charge is 0.444 e. The molecule has 0 radical (unpaired) electrons. The van der Waals surface area contributed by atoms with Crippen molar-refractivity contribution in [3.8, 4) is 0 Å². The van der Waals surface area contributed by atoms with Crippen LogP contribution < -0.4 is 20.9 Å². The van der Waals surface area contributed by atoms with Gasteiger partial charge in [0.05, 0.1) is 0 Å². The number of guanidine groups is 1. The van der Waals surface area contributed by atoms with Crippen molar-refractivity contribution >= 4 is 23.4 Å². The summed E-state index contributed by atoms with van der Waals surface area (Å²) in [7, 11) is 1.77. The third-order valence-corrected chi connectivity index (χ3v) is 5.11. The lowest BCUT2D eigenvalue weighted by Gasteiger charge is -2.19. The maximum absolute atomic E-state index is 11.9. The lowest BCUT2D eigenvalue weighted by molar-refractivity contribution is 0.0636. The SMILES string of the molecule is CN=C(NCCc1ccc(NC(=O)OC(C)(C)C)cc1)NCc1ccc(N2CC=CC2)cc1. The fourth-order valence-electron chi connectivity index (χ4n) is 3.42. The first-order valence-corrected chi connectivity index (χ1v) is 11.3. The van der Waals surface area contributed by atoms with Crippen LogP contribution in [-0.4, -0.2) is 44.3 Å². The highest BCUT2D eigenvalue weighted by Gasteiger charge is 2.16. The molecule has 0 unspecified atom stereocenters. The molecular formula is C26H35N5O2. The number of carbonyl (C=O) groups is 1. The van der Waals surface area contributed by atoms with Gasteiger partial charge in [0.15, 0.2) is 5.96 Å². The van der Waals surface area contributed by atoms with E-state index in [0.29, 0.717) is 12.2 Å². The van der Waals surface area contributed by atoms with Crippen LogP contribution in [-0.2, 0) is 17.7 Å². The van der Waals surface area contributed by atoms with Crippen molar-refractivity contribution in [3.05, 3.63) is 71.8 Å². The Morgan fingerprint density at radius 1 is 0.970 bits per heavy atom. The number of hydrogen-bond donors (Lipinski definition) is 3. The maximum Gasteiger partial charge on any atom is 0.412 e. The third-order valence-electron chi connectivity index (χ3n) is 5.11. The Hall–Kier alpha value is -3.48. The van der Waals surface area contributed by atoms with E-state index >= 15 is 0 Å². The summed E-state index contributed by atoms with van der Waals surface area (Å²) in [5, 5.41) is 9.46. The number of hydrogen-bond acceptors (Lipinski definition) is 4. The zero-order valence-electron chi connectivity index (χ0n) is 20.0. The van der Waals surface area contributed by atoms with Crippen LogP contribution in [0.5, 0.6) is 0 Å². The molecule has 176 valence electrons. The molecule has 0 atom stereocenters. The van der Waals surface area contributed by atoms with Gasteiger partial charge in [-0.05, 0) is 62.6 Å². The summed E-state index contributed by atoms with van der Waals surface area (Å²) in [6.45, 7) is 8.95. The molecule has 33 heavy (non-hydrogen) atoms. The molecule has 0 aliphatic carbocycles. The van der Waals surface area contributed by atoms with E-state index in [9.17, 15) is 4.79 Å². The fraction of sp³-hybridized carbons (Fsp3) is 0.385. The molecule has 3 rings (SSSR count). The number of benzene rings is 2. The Balaban J connectivity index is 1.38. The summed E-state index contributed by atoms with van der Waals surface area (Å²) in [6, 6.07) is 16.4. The lowest BCUT2D eigenvalue weighted by Crippen LogP contribution is -2.37. The van der Waals surface area contributed by atoms with Crippen molar-refractivity contribution in [2.45, 2.75) is 39.3 Å². The number of carbonyl (C=O) groups excluding carboxylic acids is 1. The number of anilines is 2. The lowest BCUT2D eigenvalue weighted by atomic mass is 10.1. The van der Waals surface area contributed by atoms with E-state index in [1.165, 1.54) is 16.8 Å². The minimum absolute atomic E-state index is 0.450. The van der Waals surface area contributed by atoms with Gasteiger partial charge in [-0.2, -0.15) is 0 Å². The highest BCUT2D eigenvalue weighted by Crippen LogP contribution is 2.17. The van der Waals surface area contributed by atoms with Crippen molar-refractivity contribution in [1.29, 1.82) is 0 Å². The summed E-state index contributed by atoms with van der Waals surface area (Å²) >= 11 is 0. The second-order valence-corrected chi connectivity index (χ2v) is 8.97. The Kier molecular flexibility index (Phi) is 8.35. The minimum atomic E-state index is -0.517. The summed E-state index contributed by atoms with van der Waals surface area (Å²) in [4.78, 5) is 18.5. The molecule has 3 N–H and O–H groups in total. The molecule has 1 amide bonds. The first kappa shape index (κ1) is 24.2. The van der Waals surface area contributed by atoms with Crippen LogP contribution in [0.3, 0.4) is 0 Å². The number of nitrogens with one attached hydrogen (secondary N) is 3. The number of nitrogens with zero attached hydrogens (tertiary/aromatic N) is 2. The van der Waals surface area contributed by atoms with Crippen LogP contribution in [0.1, 0.15) is 31.9 Å². The van der Waals surface area contributed by atoms with Crippen LogP contribution >= 0.6 is 0 Å². The van der Waals surface area contributed by atoms with Gasteiger partial charge in [-0.25, -0.2) is 4.79 Å². The molecule has 0 saturated carbocycles. The maximum atomic E-state index is 11.9. The number of rotatable bonds is 7. The van der Waals surface area contributed by atoms with Gasteiger partial charge in [0, 0.05) is 44.6 Å². The zero-order chi connectivity index (χ0) is 23.7. The normalized spacial score (nSPS) is 13.7. The van der Waals surface area contributed by atoms with E-state index in [4.69, 9.17) is 4.74 Å². The van der Waals surface area contributed by atoms with E-state index < -0.39 is 11.7 Å². The van der Waals surface area contributed by atoms with E-state index in [1.54, 1.807) is 7.05 Å². The van der Waals surface area contributed by atoms with Crippen LogP contribution in [0.15, 0.2) is 65.7 Å². The molecule has 0 saturated heterocycles. The van der Waals surface area contributed by atoms with E-state index in [1.807, 2.05) is 45.0 Å².